The molecule has 7 nitrogen and oxygen atoms in total. The molecule has 0 saturated carbocycles. The van der Waals surface area contributed by atoms with Gasteiger partial charge >= 0.3 is 0 Å². The third-order valence-corrected chi connectivity index (χ3v) is 6.79. The molecule has 0 radical (unpaired) electrons. The summed E-state index contributed by atoms with van der Waals surface area (Å²) in [5, 5.41) is 1.01. The van der Waals surface area contributed by atoms with Crippen LogP contribution < -0.4 is 9.47 Å². The van der Waals surface area contributed by atoms with E-state index in [2.05, 4.69) is 9.88 Å². The van der Waals surface area contributed by atoms with Crippen LogP contribution >= 0.6 is 11.3 Å². The molecule has 1 amide bonds. The molecule has 0 N–H and O–H groups in total. The molecule has 5 rings (SSSR count). The third-order valence-electron chi connectivity index (χ3n) is 5.67. The molecule has 30 heavy (non-hydrogen) atoms. The highest BCUT2D eigenvalue weighted by Crippen LogP contribution is 2.33. The van der Waals surface area contributed by atoms with Crippen molar-refractivity contribution in [3.05, 3.63) is 45.4 Å². The number of nitrogens with zero attached hydrogens (tertiary/aromatic N) is 3. The molecule has 1 saturated heterocycles. The smallest absolute Gasteiger partial charge is 0.246 e. The zero-order valence-electron chi connectivity index (χ0n) is 16.6. The van der Waals surface area contributed by atoms with Crippen molar-refractivity contribution < 1.29 is 19.1 Å². The van der Waals surface area contributed by atoms with Crippen LogP contribution in [0.15, 0.2) is 24.3 Å². The van der Waals surface area contributed by atoms with Crippen LogP contribution in [0.1, 0.15) is 38.8 Å². The molecule has 3 heterocycles. The van der Waals surface area contributed by atoms with E-state index in [4.69, 9.17) is 9.47 Å². The van der Waals surface area contributed by atoms with Gasteiger partial charge in [0.1, 0.15) is 5.01 Å². The number of benzene rings is 1. The second-order valence-corrected chi connectivity index (χ2v) is 8.79. The minimum atomic E-state index is 0.0163. The van der Waals surface area contributed by atoms with Crippen molar-refractivity contribution in [3.8, 4) is 11.5 Å². The summed E-state index contributed by atoms with van der Waals surface area (Å²) in [6.07, 6.45) is 5.90. The Morgan fingerprint density at radius 2 is 1.97 bits per heavy atom. The maximum atomic E-state index is 12.6. The van der Waals surface area contributed by atoms with Crippen molar-refractivity contribution in [2.75, 3.05) is 33.0 Å². The van der Waals surface area contributed by atoms with E-state index < -0.39 is 0 Å². The Morgan fingerprint density at radius 1 is 1.13 bits per heavy atom. The van der Waals surface area contributed by atoms with E-state index >= 15 is 0 Å². The number of carbonyl (C=O) groups excluding carboxylic acids is 2. The van der Waals surface area contributed by atoms with Crippen LogP contribution in [0.25, 0.3) is 6.08 Å². The first-order valence-electron chi connectivity index (χ1n) is 10.3. The molecule has 2 aromatic rings. The van der Waals surface area contributed by atoms with Gasteiger partial charge in [0.05, 0.1) is 17.1 Å². The quantitative estimate of drug-likeness (QED) is 0.702. The topological polar surface area (TPSA) is 72.0 Å². The first kappa shape index (κ1) is 19.3. The summed E-state index contributed by atoms with van der Waals surface area (Å²) in [7, 11) is 0. The number of fused-ring (bicyclic) bond motifs is 2. The third kappa shape index (κ3) is 3.97. The Balaban J connectivity index is 1.14. The van der Waals surface area contributed by atoms with Crippen LogP contribution in [0.3, 0.4) is 0 Å². The molecule has 156 valence electrons. The molecule has 0 unspecified atom stereocenters. The fourth-order valence-corrected chi connectivity index (χ4v) is 5.11. The van der Waals surface area contributed by atoms with Crippen molar-refractivity contribution in [3.63, 3.8) is 0 Å². The average Bonchev–Trinajstić information content (AvgIpc) is 3.39. The van der Waals surface area contributed by atoms with E-state index in [9.17, 15) is 9.59 Å². The van der Waals surface area contributed by atoms with Gasteiger partial charge in [0.15, 0.2) is 17.3 Å². The lowest BCUT2D eigenvalue weighted by atomic mass is 10.0. The van der Waals surface area contributed by atoms with Crippen molar-refractivity contribution >= 4 is 29.1 Å². The molecule has 8 heteroatoms. The number of carbonyl (C=O) groups is 2. The Bertz CT molecular complexity index is 1010. The van der Waals surface area contributed by atoms with Gasteiger partial charge in [-0.15, -0.1) is 11.3 Å². The minimum Gasteiger partial charge on any atom is -0.454 e. The Hall–Kier alpha value is -2.71. The number of piperazine rings is 1. The van der Waals surface area contributed by atoms with Gasteiger partial charge in [-0.2, -0.15) is 0 Å². The highest BCUT2D eigenvalue weighted by molar-refractivity contribution is 7.13. The highest BCUT2D eigenvalue weighted by Gasteiger charge is 2.25. The second kappa shape index (κ2) is 8.20. The predicted molar refractivity (Wildman–Crippen MR) is 113 cm³/mol. The van der Waals surface area contributed by atoms with Gasteiger partial charge in [-0.05, 0) is 36.6 Å². The Labute approximate surface area is 178 Å². The summed E-state index contributed by atoms with van der Waals surface area (Å²) in [5.41, 5.74) is 1.89. The maximum absolute atomic E-state index is 12.6. The molecular weight excluding hydrogens is 402 g/mol. The van der Waals surface area contributed by atoms with Crippen LogP contribution in [0, 0.1) is 0 Å². The number of hydrogen-bond donors (Lipinski definition) is 0. The zero-order valence-corrected chi connectivity index (χ0v) is 17.5. The normalized spacial score (nSPS) is 18.8. The largest absolute Gasteiger partial charge is 0.454 e. The van der Waals surface area contributed by atoms with Crippen LogP contribution in [0.2, 0.25) is 0 Å². The molecular formula is C22H23N3O4S. The van der Waals surface area contributed by atoms with E-state index in [1.165, 1.54) is 0 Å². The molecule has 0 spiro atoms. The van der Waals surface area contributed by atoms with Crippen LogP contribution in [-0.2, 0) is 17.8 Å². The monoisotopic (exact) mass is 425 g/mol. The van der Waals surface area contributed by atoms with Crippen molar-refractivity contribution in [2.24, 2.45) is 0 Å². The summed E-state index contributed by atoms with van der Waals surface area (Å²) in [6.45, 7) is 3.98. The first-order chi connectivity index (χ1) is 14.7. The number of Topliss-reactive ketones (excluding diaryl/α,β-unsaturated/α-hetero) is 1. The lowest BCUT2D eigenvalue weighted by Crippen LogP contribution is -2.47. The van der Waals surface area contributed by atoms with Crippen molar-refractivity contribution in [1.29, 1.82) is 0 Å². The molecule has 2 aliphatic heterocycles. The fraction of sp³-hybridized carbons (Fsp3) is 0.409. The van der Waals surface area contributed by atoms with Gasteiger partial charge in [0.2, 0.25) is 12.7 Å². The summed E-state index contributed by atoms with van der Waals surface area (Å²) < 4.78 is 10.7. The lowest BCUT2D eigenvalue weighted by molar-refractivity contribution is -0.127. The standard InChI is InChI=1S/C22H23N3O4S/c26-17-3-1-2-16-22(17)30-20(23-16)13-24-8-10-25(11-9-24)21(27)7-5-15-4-6-18-19(12-15)29-14-28-18/h4-7,12H,1-3,8-11,13-14H2/b7-5+. The van der Waals surface area contributed by atoms with Gasteiger partial charge in [0.25, 0.3) is 0 Å². The summed E-state index contributed by atoms with van der Waals surface area (Å²) in [4.78, 5) is 34.3. The van der Waals surface area contributed by atoms with E-state index in [-0.39, 0.29) is 18.5 Å². The minimum absolute atomic E-state index is 0.0163. The van der Waals surface area contributed by atoms with Gasteiger partial charge in [-0.3, -0.25) is 14.5 Å². The first-order valence-corrected chi connectivity index (χ1v) is 11.1. The van der Waals surface area contributed by atoms with E-state index in [1.807, 2.05) is 29.2 Å². The second-order valence-electron chi connectivity index (χ2n) is 7.71. The van der Waals surface area contributed by atoms with Gasteiger partial charge in [-0.1, -0.05) is 6.07 Å². The number of thiazole rings is 1. The molecule has 1 aliphatic carbocycles. The summed E-state index contributed by atoms with van der Waals surface area (Å²) >= 11 is 1.55. The van der Waals surface area contributed by atoms with Crippen LogP contribution in [0.5, 0.6) is 11.5 Å². The number of ketones is 1. The molecule has 1 aromatic carbocycles. The van der Waals surface area contributed by atoms with E-state index in [0.29, 0.717) is 25.3 Å². The van der Waals surface area contributed by atoms with Gasteiger partial charge < -0.3 is 14.4 Å². The molecule has 0 bridgehead atoms. The fourth-order valence-electron chi connectivity index (χ4n) is 3.99. The Kier molecular flexibility index (Phi) is 5.26. The van der Waals surface area contributed by atoms with Crippen molar-refractivity contribution in [2.45, 2.75) is 25.8 Å². The molecule has 1 aromatic heterocycles. The Morgan fingerprint density at radius 3 is 2.80 bits per heavy atom. The van der Waals surface area contributed by atoms with Crippen LogP contribution in [-0.4, -0.2) is 59.4 Å². The molecule has 0 atom stereocenters. The zero-order chi connectivity index (χ0) is 20.5. The summed E-state index contributed by atoms with van der Waals surface area (Å²) in [5.74, 6) is 1.70. The number of rotatable bonds is 4. The number of hydrogen-bond acceptors (Lipinski definition) is 7. The molecule has 3 aliphatic rings. The number of ether oxygens (including phenoxy) is 2. The SMILES string of the molecule is O=C1CCCc2nc(CN3CCN(C(=O)/C=C/c4ccc5c(c4)OCO5)CC3)sc21. The average molecular weight is 426 g/mol. The molecule has 1 fully saturated rings. The van der Waals surface area contributed by atoms with E-state index in [1.54, 1.807) is 17.4 Å². The van der Waals surface area contributed by atoms with Crippen LogP contribution in [0.4, 0.5) is 0 Å². The predicted octanol–water partition coefficient (Wildman–Crippen LogP) is 2.75. The number of aromatic nitrogens is 1. The number of amides is 1. The maximum Gasteiger partial charge on any atom is 0.246 e. The number of aryl methyl sites for hydroxylation is 1. The lowest BCUT2D eigenvalue weighted by Gasteiger charge is -2.33. The highest BCUT2D eigenvalue weighted by atomic mass is 32.1. The van der Waals surface area contributed by atoms with Gasteiger partial charge in [-0.25, -0.2) is 4.98 Å². The van der Waals surface area contributed by atoms with Gasteiger partial charge in [0, 0.05) is 38.7 Å². The summed E-state index contributed by atoms with van der Waals surface area (Å²) in [6, 6.07) is 5.64. The van der Waals surface area contributed by atoms with E-state index in [0.717, 1.165) is 59.4 Å². The van der Waals surface area contributed by atoms with Crippen molar-refractivity contribution in [1.82, 2.24) is 14.8 Å².